The molecule has 2 aromatic rings. The molecule has 0 N–H and O–H groups in total. The van der Waals surface area contributed by atoms with Gasteiger partial charge in [-0.1, -0.05) is 18.2 Å². The average Bonchev–Trinajstić information content (AvgIpc) is 3.21. The summed E-state index contributed by atoms with van der Waals surface area (Å²) in [6.45, 7) is 11.3. The van der Waals surface area contributed by atoms with Crippen LogP contribution in [0.4, 0.5) is 24.7 Å². The number of aromatic nitrogens is 1. The van der Waals surface area contributed by atoms with E-state index in [2.05, 4.69) is 68.9 Å². The Morgan fingerprint density at radius 3 is 2.37 bits per heavy atom. The summed E-state index contributed by atoms with van der Waals surface area (Å²) in [6.07, 6.45) is -3.41. The van der Waals surface area contributed by atoms with Crippen LogP contribution >= 0.6 is 23.5 Å². The zero-order valence-corrected chi connectivity index (χ0v) is 23.4. The summed E-state index contributed by atoms with van der Waals surface area (Å²) in [4.78, 5) is 14.3. The first kappa shape index (κ1) is 27.6. The normalized spacial score (nSPS) is 22.0. The number of hydrogen-bond donors (Lipinski definition) is 0. The number of pyridine rings is 1. The highest BCUT2D eigenvalue weighted by Crippen LogP contribution is 2.35. The number of likely N-dealkylation sites (N-methyl/N-ethyl adjacent to an activating group) is 1. The molecule has 1 atom stereocenters. The molecule has 0 aliphatic carbocycles. The van der Waals surface area contributed by atoms with Crippen LogP contribution in [0.5, 0.6) is 0 Å². The van der Waals surface area contributed by atoms with Gasteiger partial charge in [0.25, 0.3) is 0 Å². The van der Waals surface area contributed by atoms with E-state index >= 15 is 0 Å². The van der Waals surface area contributed by atoms with Crippen molar-refractivity contribution in [3.63, 3.8) is 0 Å². The molecule has 11 heteroatoms. The number of alkyl halides is 3. The van der Waals surface area contributed by atoms with E-state index in [1.807, 2.05) is 4.90 Å². The maximum Gasteiger partial charge on any atom is 0.416 e. The molecule has 206 valence electrons. The molecule has 1 unspecified atom stereocenters. The van der Waals surface area contributed by atoms with E-state index in [-0.39, 0.29) is 11.0 Å². The minimum Gasteiger partial charge on any atom is -0.354 e. The highest BCUT2D eigenvalue weighted by atomic mass is 35.5. The molecule has 6 nitrogen and oxygen atoms in total. The summed E-state index contributed by atoms with van der Waals surface area (Å²) in [5, 5.41) is -0.141. The van der Waals surface area contributed by atoms with E-state index in [1.54, 1.807) is 11.9 Å². The third-order valence-electron chi connectivity index (χ3n) is 7.58. The van der Waals surface area contributed by atoms with Crippen LogP contribution in [0.15, 0.2) is 53.6 Å². The van der Waals surface area contributed by atoms with E-state index in [9.17, 15) is 13.2 Å². The van der Waals surface area contributed by atoms with Crippen molar-refractivity contribution in [2.45, 2.75) is 23.5 Å². The summed E-state index contributed by atoms with van der Waals surface area (Å²) < 4.78 is 41.7. The molecule has 4 heterocycles. The lowest BCUT2D eigenvalue weighted by Crippen LogP contribution is -2.58. The number of rotatable bonds is 7. The molecule has 1 aromatic heterocycles. The highest BCUT2D eigenvalue weighted by molar-refractivity contribution is 7.97. The van der Waals surface area contributed by atoms with Crippen molar-refractivity contribution < 1.29 is 13.2 Å². The SMILES string of the molecule is C=C1CC(CN2CC(N(C)C)C2)CN1c1ccc(SN2CCN(c3cc(C(F)(F)F)cc(Cl)n3)CC2)cc1. The second-order valence-corrected chi connectivity index (χ2v) is 12.2. The molecule has 3 saturated heterocycles. The van der Waals surface area contributed by atoms with Crippen LogP contribution in [0.2, 0.25) is 5.15 Å². The van der Waals surface area contributed by atoms with Crippen LogP contribution in [-0.4, -0.2) is 91.6 Å². The number of anilines is 2. The van der Waals surface area contributed by atoms with Gasteiger partial charge in [0.15, 0.2) is 0 Å². The Labute approximate surface area is 232 Å². The Hall–Kier alpha value is -1.98. The lowest BCUT2D eigenvalue weighted by molar-refractivity contribution is -0.137. The van der Waals surface area contributed by atoms with Gasteiger partial charge in [-0.2, -0.15) is 13.2 Å². The summed E-state index contributed by atoms with van der Waals surface area (Å²) >= 11 is 7.54. The van der Waals surface area contributed by atoms with Crippen molar-refractivity contribution in [2.24, 2.45) is 5.92 Å². The molecule has 0 spiro atoms. The fourth-order valence-corrected chi connectivity index (χ4v) is 6.45. The zero-order valence-electron chi connectivity index (χ0n) is 21.8. The van der Waals surface area contributed by atoms with Crippen molar-refractivity contribution in [1.29, 1.82) is 0 Å². The van der Waals surface area contributed by atoms with E-state index in [1.165, 1.54) is 11.4 Å². The van der Waals surface area contributed by atoms with Gasteiger partial charge in [0.05, 0.1) is 5.56 Å². The van der Waals surface area contributed by atoms with Crippen molar-refractivity contribution in [3.05, 3.63) is 59.4 Å². The summed E-state index contributed by atoms with van der Waals surface area (Å²) in [5.74, 6) is 0.881. The molecular weight excluding hydrogens is 533 g/mol. The Morgan fingerprint density at radius 1 is 1.05 bits per heavy atom. The van der Waals surface area contributed by atoms with Gasteiger partial charge < -0.3 is 14.7 Å². The van der Waals surface area contributed by atoms with E-state index in [4.69, 9.17) is 11.6 Å². The van der Waals surface area contributed by atoms with E-state index in [0.717, 1.165) is 49.6 Å². The number of nitrogens with zero attached hydrogens (tertiary/aromatic N) is 6. The van der Waals surface area contributed by atoms with Gasteiger partial charge in [-0.25, -0.2) is 9.29 Å². The molecule has 3 aliphatic rings. The van der Waals surface area contributed by atoms with E-state index < -0.39 is 11.7 Å². The standard InChI is InChI=1S/C27H34ClF3N6S/c1-19-12-20(15-34-17-23(18-34)33(2)3)16-37(19)22-4-6-24(7-5-22)38-36-10-8-35(9-11-36)26-14-21(27(29,30)31)13-25(28)32-26/h4-7,13-14,20,23H,1,8-12,15-18H2,2-3H3. The van der Waals surface area contributed by atoms with Gasteiger partial charge in [0.1, 0.15) is 11.0 Å². The van der Waals surface area contributed by atoms with Gasteiger partial charge in [0.2, 0.25) is 0 Å². The van der Waals surface area contributed by atoms with Gasteiger partial charge in [0, 0.05) is 74.7 Å². The van der Waals surface area contributed by atoms with Gasteiger partial charge in [-0.15, -0.1) is 0 Å². The van der Waals surface area contributed by atoms with Crippen molar-refractivity contribution in [1.82, 2.24) is 19.1 Å². The molecule has 0 amide bonds. The minimum atomic E-state index is -4.45. The predicted octanol–water partition coefficient (Wildman–Crippen LogP) is 5.17. The first-order valence-electron chi connectivity index (χ1n) is 12.9. The fraction of sp³-hybridized carbons (Fsp3) is 0.519. The third kappa shape index (κ3) is 6.42. The van der Waals surface area contributed by atoms with Gasteiger partial charge in [-0.3, -0.25) is 4.90 Å². The maximum absolute atomic E-state index is 13.2. The zero-order chi connectivity index (χ0) is 27.0. The molecular formula is C27H34ClF3N6S. The number of allylic oxidation sites excluding steroid dienone is 1. The second kappa shape index (κ2) is 11.3. The van der Waals surface area contributed by atoms with Crippen LogP contribution in [0.3, 0.4) is 0 Å². The Morgan fingerprint density at radius 2 is 1.74 bits per heavy atom. The fourth-order valence-electron chi connectivity index (χ4n) is 5.34. The predicted molar refractivity (Wildman–Crippen MR) is 149 cm³/mol. The van der Waals surface area contributed by atoms with Gasteiger partial charge >= 0.3 is 6.18 Å². The quantitative estimate of drug-likeness (QED) is 0.337. The molecule has 5 rings (SSSR count). The molecule has 38 heavy (non-hydrogen) atoms. The topological polar surface area (TPSA) is 29.1 Å². The summed E-state index contributed by atoms with van der Waals surface area (Å²) in [5.41, 5.74) is 1.59. The Bertz CT molecular complexity index is 1130. The van der Waals surface area contributed by atoms with Crippen molar-refractivity contribution in [3.8, 4) is 0 Å². The van der Waals surface area contributed by atoms with Gasteiger partial charge in [-0.05, 0) is 74.8 Å². The first-order chi connectivity index (χ1) is 18.0. The van der Waals surface area contributed by atoms with E-state index in [0.29, 0.717) is 38.1 Å². The molecule has 3 aliphatic heterocycles. The lowest BCUT2D eigenvalue weighted by atomic mass is 10.0. The molecule has 3 fully saturated rings. The van der Waals surface area contributed by atoms with Crippen LogP contribution in [0.25, 0.3) is 0 Å². The smallest absolute Gasteiger partial charge is 0.354 e. The lowest BCUT2D eigenvalue weighted by Gasteiger charge is -2.43. The van der Waals surface area contributed by atoms with Crippen LogP contribution < -0.4 is 9.80 Å². The largest absolute Gasteiger partial charge is 0.416 e. The summed E-state index contributed by atoms with van der Waals surface area (Å²) in [7, 11) is 4.30. The van der Waals surface area contributed by atoms with Crippen LogP contribution in [0, 0.1) is 5.92 Å². The third-order valence-corrected chi connectivity index (χ3v) is 8.88. The first-order valence-corrected chi connectivity index (χ1v) is 14.1. The molecule has 0 bridgehead atoms. The Balaban J connectivity index is 1.11. The maximum atomic E-state index is 13.2. The van der Waals surface area contributed by atoms with Crippen molar-refractivity contribution in [2.75, 3.05) is 76.3 Å². The minimum absolute atomic E-state index is 0.141. The van der Waals surface area contributed by atoms with Crippen LogP contribution in [-0.2, 0) is 6.18 Å². The number of halogens is 4. The molecule has 1 aromatic carbocycles. The number of hydrogen-bond acceptors (Lipinski definition) is 7. The summed E-state index contributed by atoms with van der Waals surface area (Å²) in [6, 6.07) is 11.2. The number of benzene rings is 1. The van der Waals surface area contributed by atoms with Crippen molar-refractivity contribution >= 4 is 35.1 Å². The molecule has 0 radical (unpaired) electrons. The van der Waals surface area contributed by atoms with Crippen LogP contribution in [0.1, 0.15) is 12.0 Å². The highest BCUT2D eigenvalue weighted by Gasteiger charge is 2.34. The number of likely N-dealkylation sites (tertiary alicyclic amines) is 1. The average molecular weight is 567 g/mol. The Kier molecular flexibility index (Phi) is 8.17. The second-order valence-electron chi connectivity index (χ2n) is 10.6. The number of piperazine rings is 1. The monoisotopic (exact) mass is 566 g/mol. The molecule has 0 saturated carbocycles.